The van der Waals surface area contributed by atoms with Crippen molar-refractivity contribution in [2.75, 3.05) is 6.61 Å². The Kier molecular flexibility index (Phi) is 3.62. The maximum absolute atomic E-state index is 12.8. The van der Waals surface area contributed by atoms with Crippen LogP contribution in [0.1, 0.15) is 39.5 Å². The molecule has 0 aromatic carbocycles. The van der Waals surface area contributed by atoms with E-state index in [4.69, 9.17) is 9.47 Å². The number of hydrogen-bond acceptors (Lipinski definition) is 5. The molecule has 2 saturated carbocycles. The summed E-state index contributed by atoms with van der Waals surface area (Å²) in [4.78, 5) is 36.1. The molecule has 0 radical (unpaired) electrons. The van der Waals surface area contributed by atoms with E-state index in [1.807, 2.05) is 0 Å². The Bertz CT molecular complexity index is 551. The molecule has 1 heterocycles. The van der Waals surface area contributed by atoms with Crippen molar-refractivity contribution in [1.82, 2.24) is 0 Å². The molecule has 0 spiro atoms. The highest BCUT2D eigenvalue weighted by Crippen LogP contribution is 2.56. The van der Waals surface area contributed by atoms with Gasteiger partial charge in [-0.1, -0.05) is 13.5 Å². The molecule has 5 nitrogen and oxygen atoms in total. The second-order valence-electron chi connectivity index (χ2n) is 6.90. The summed E-state index contributed by atoms with van der Waals surface area (Å²) in [7, 11) is 0. The quantitative estimate of drug-likeness (QED) is 0.577. The summed E-state index contributed by atoms with van der Waals surface area (Å²) >= 11 is 0. The Balaban J connectivity index is 2.06. The van der Waals surface area contributed by atoms with Crippen molar-refractivity contribution in [3.05, 3.63) is 12.2 Å². The van der Waals surface area contributed by atoms with Crippen molar-refractivity contribution < 1.29 is 23.9 Å². The number of carbonyl (C=O) groups excluding carboxylic acids is 3. The number of carbonyl (C=O) groups is 3. The molecule has 0 N–H and O–H groups in total. The lowest BCUT2D eigenvalue weighted by Gasteiger charge is -2.39. The van der Waals surface area contributed by atoms with Crippen LogP contribution in [0.3, 0.4) is 0 Å². The number of esters is 2. The lowest BCUT2D eigenvalue weighted by molar-refractivity contribution is -0.164. The van der Waals surface area contributed by atoms with Crippen molar-refractivity contribution in [1.29, 1.82) is 0 Å². The number of ether oxygens (including phenoxy) is 2. The summed E-state index contributed by atoms with van der Waals surface area (Å²) in [5.41, 5.74) is -0.429. The van der Waals surface area contributed by atoms with Gasteiger partial charge in [0, 0.05) is 24.8 Å². The Morgan fingerprint density at radius 2 is 2.09 bits per heavy atom. The molecule has 2 aliphatic carbocycles. The molecule has 5 heteroatoms. The van der Waals surface area contributed by atoms with Gasteiger partial charge in [-0.25, -0.2) is 4.79 Å². The van der Waals surface area contributed by atoms with Crippen LogP contribution in [0.15, 0.2) is 12.2 Å². The van der Waals surface area contributed by atoms with Crippen LogP contribution in [-0.2, 0) is 23.9 Å². The molecule has 0 aromatic heterocycles. The Morgan fingerprint density at radius 3 is 2.77 bits per heavy atom. The van der Waals surface area contributed by atoms with Gasteiger partial charge < -0.3 is 9.47 Å². The minimum absolute atomic E-state index is 0.0118. The van der Waals surface area contributed by atoms with E-state index in [0.717, 1.165) is 19.3 Å². The van der Waals surface area contributed by atoms with Gasteiger partial charge in [-0.05, 0) is 31.1 Å². The first-order chi connectivity index (χ1) is 10.4. The fourth-order valence-electron chi connectivity index (χ4n) is 4.68. The average Bonchev–Trinajstić information content (AvgIpc) is 2.90. The first kappa shape index (κ1) is 15.3. The monoisotopic (exact) mass is 306 g/mol. The van der Waals surface area contributed by atoms with Gasteiger partial charge in [0.25, 0.3) is 0 Å². The highest BCUT2D eigenvalue weighted by molar-refractivity contribution is 5.94. The van der Waals surface area contributed by atoms with E-state index >= 15 is 0 Å². The fourth-order valence-corrected chi connectivity index (χ4v) is 4.68. The van der Waals surface area contributed by atoms with Gasteiger partial charge in [-0.3, -0.25) is 9.59 Å². The van der Waals surface area contributed by atoms with Gasteiger partial charge >= 0.3 is 11.9 Å². The van der Waals surface area contributed by atoms with Crippen molar-refractivity contribution in [3.63, 3.8) is 0 Å². The molecule has 0 unspecified atom stereocenters. The molecule has 3 rings (SSSR count). The van der Waals surface area contributed by atoms with Crippen molar-refractivity contribution >= 4 is 17.7 Å². The Labute approximate surface area is 130 Å². The number of Topliss-reactive ketones (excluding diaryl/α,β-unsaturated/α-hetero) is 1. The van der Waals surface area contributed by atoms with Crippen LogP contribution in [0.25, 0.3) is 0 Å². The van der Waals surface area contributed by atoms with E-state index in [0.29, 0.717) is 17.9 Å². The van der Waals surface area contributed by atoms with Crippen LogP contribution in [0, 0.1) is 23.2 Å². The van der Waals surface area contributed by atoms with E-state index < -0.39 is 23.5 Å². The lowest BCUT2D eigenvalue weighted by atomic mass is 9.67. The largest absolute Gasteiger partial charge is 0.465 e. The van der Waals surface area contributed by atoms with Gasteiger partial charge in [0.15, 0.2) is 0 Å². The van der Waals surface area contributed by atoms with E-state index in [1.165, 1.54) is 6.92 Å². The highest BCUT2D eigenvalue weighted by atomic mass is 16.6. The topological polar surface area (TPSA) is 69.7 Å². The van der Waals surface area contributed by atoms with Crippen LogP contribution in [-0.4, -0.2) is 30.4 Å². The summed E-state index contributed by atoms with van der Waals surface area (Å²) in [6, 6.07) is 0. The number of hydrogen-bond donors (Lipinski definition) is 0. The summed E-state index contributed by atoms with van der Waals surface area (Å²) < 4.78 is 10.8. The summed E-state index contributed by atoms with van der Waals surface area (Å²) in [5.74, 6) is -0.482. The first-order valence-corrected chi connectivity index (χ1v) is 7.94. The van der Waals surface area contributed by atoms with Gasteiger partial charge in [-0.2, -0.15) is 0 Å². The SMILES string of the molecule is C=C1C(=O)O[C@@H]2[C@@H]1CC[C@H](C)[C@@H]1CCC(=O)[C@@]21COC(C)=O. The van der Waals surface area contributed by atoms with E-state index in [-0.39, 0.29) is 24.2 Å². The second-order valence-corrected chi connectivity index (χ2v) is 6.90. The first-order valence-electron chi connectivity index (χ1n) is 7.94. The zero-order valence-corrected chi connectivity index (χ0v) is 13.1. The zero-order valence-electron chi connectivity index (χ0n) is 13.1. The maximum atomic E-state index is 12.8. The molecule has 1 aliphatic heterocycles. The predicted octanol–water partition coefficient (Wildman–Crippen LogP) is 2.04. The molecule has 0 bridgehead atoms. The normalized spacial score (nSPS) is 40.7. The minimum atomic E-state index is -0.888. The molecule has 1 saturated heterocycles. The van der Waals surface area contributed by atoms with Crippen molar-refractivity contribution in [3.8, 4) is 0 Å². The number of fused-ring (bicyclic) bond motifs is 3. The van der Waals surface area contributed by atoms with Crippen LogP contribution >= 0.6 is 0 Å². The van der Waals surface area contributed by atoms with Crippen LogP contribution in [0.4, 0.5) is 0 Å². The second kappa shape index (κ2) is 5.21. The Hall–Kier alpha value is -1.65. The Morgan fingerprint density at radius 1 is 1.36 bits per heavy atom. The van der Waals surface area contributed by atoms with Gasteiger partial charge in [0.05, 0.1) is 0 Å². The molecule has 0 amide bonds. The predicted molar refractivity (Wildman–Crippen MR) is 77.7 cm³/mol. The van der Waals surface area contributed by atoms with Gasteiger partial charge in [-0.15, -0.1) is 0 Å². The number of ketones is 1. The van der Waals surface area contributed by atoms with E-state index in [9.17, 15) is 14.4 Å². The minimum Gasteiger partial charge on any atom is -0.465 e. The van der Waals surface area contributed by atoms with Crippen LogP contribution in [0.5, 0.6) is 0 Å². The van der Waals surface area contributed by atoms with Crippen LogP contribution in [0.2, 0.25) is 0 Å². The molecular weight excluding hydrogens is 284 g/mol. The fraction of sp³-hybridized carbons (Fsp3) is 0.706. The average molecular weight is 306 g/mol. The van der Waals surface area contributed by atoms with E-state index in [2.05, 4.69) is 13.5 Å². The maximum Gasteiger partial charge on any atom is 0.334 e. The molecule has 22 heavy (non-hydrogen) atoms. The van der Waals surface area contributed by atoms with E-state index in [1.54, 1.807) is 0 Å². The standard InChI is InChI=1S/C17H22O5/c1-9-4-5-12-10(2)16(20)22-15(12)17(8-21-11(3)18)13(9)6-7-14(17)19/h9,12-13,15H,2,4-8H2,1,3H3/t9-,12+,13-,15+,17-/m0/s1. The zero-order chi connectivity index (χ0) is 16.1. The van der Waals surface area contributed by atoms with Crippen molar-refractivity contribution in [2.45, 2.75) is 45.6 Å². The molecule has 0 aromatic rings. The third-order valence-corrected chi connectivity index (χ3v) is 5.81. The summed E-state index contributed by atoms with van der Waals surface area (Å²) in [6.45, 7) is 7.34. The lowest BCUT2D eigenvalue weighted by Crippen LogP contribution is -2.50. The highest BCUT2D eigenvalue weighted by Gasteiger charge is 2.64. The van der Waals surface area contributed by atoms with Gasteiger partial charge in [0.2, 0.25) is 0 Å². The number of rotatable bonds is 2. The molecule has 120 valence electrons. The van der Waals surface area contributed by atoms with Crippen LogP contribution < -0.4 is 0 Å². The third kappa shape index (κ3) is 2.02. The molecule has 5 atom stereocenters. The summed E-state index contributed by atoms with van der Waals surface area (Å²) in [5, 5.41) is 0. The third-order valence-electron chi connectivity index (χ3n) is 5.81. The molecule has 3 aliphatic rings. The van der Waals surface area contributed by atoms with Crippen molar-refractivity contribution in [2.24, 2.45) is 23.2 Å². The molecule has 3 fully saturated rings. The smallest absolute Gasteiger partial charge is 0.334 e. The summed E-state index contributed by atoms with van der Waals surface area (Å²) in [6.07, 6.45) is 2.42. The molecular formula is C17H22O5. The van der Waals surface area contributed by atoms with Gasteiger partial charge in [0.1, 0.15) is 23.9 Å².